The number of nitrogens with zero attached hydrogens (tertiary/aromatic N) is 1. The molecule has 2 N–H and O–H groups in total. The highest BCUT2D eigenvalue weighted by Crippen LogP contribution is 2.30. The largest absolute Gasteiger partial charge is 0.383 e. The van der Waals surface area contributed by atoms with Gasteiger partial charge in [-0.3, -0.25) is 0 Å². The van der Waals surface area contributed by atoms with Crippen molar-refractivity contribution in [3.63, 3.8) is 0 Å². The van der Waals surface area contributed by atoms with E-state index in [9.17, 15) is 4.39 Å². The molecule has 4 nitrogen and oxygen atoms in total. The highest BCUT2D eigenvalue weighted by Gasteiger charge is 2.17. The molecule has 0 fully saturated rings. The van der Waals surface area contributed by atoms with Crippen LogP contribution < -0.4 is 15.5 Å². The topological polar surface area (TPSA) is 36.5 Å². The molecule has 2 aromatic rings. The summed E-state index contributed by atoms with van der Waals surface area (Å²) >= 11 is 0. The van der Waals surface area contributed by atoms with Crippen molar-refractivity contribution in [1.29, 1.82) is 0 Å². The van der Waals surface area contributed by atoms with Crippen molar-refractivity contribution in [3.05, 3.63) is 52.8 Å². The molecule has 0 atom stereocenters. The van der Waals surface area contributed by atoms with Crippen LogP contribution in [-0.4, -0.2) is 26.4 Å². The Morgan fingerprint density at radius 1 is 1.14 bits per heavy atom. The second-order valence-corrected chi connectivity index (χ2v) is 9.14. The van der Waals surface area contributed by atoms with Crippen LogP contribution in [0.25, 0.3) is 0 Å². The monoisotopic (exact) mass is 399 g/mol. The van der Waals surface area contributed by atoms with Crippen LogP contribution >= 0.6 is 0 Å². The van der Waals surface area contributed by atoms with Crippen molar-refractivity contribution in [2.75, 3.05) is 42.0 Å². The molecule has 0 radical (unpaired) electrons. The maximum absolute atomic E-state index is 13.5. The predicted molar refractivity (Wildman–Crippen MR) is 120 cm³/mol. The van der Waals surface area contributed by atoms with Crippen molar-refractivity contribution in [2.24, 2.45) is 5.41 Å². The first-order valence-electron chi connectivity index (χ1n) is 10.4. The molecule has 0 spiro atoms. The van der Waals surface area contributed by atoms with Crippen LogP contribution in [0.3, 0.4) is 0 Å². The molecule has 0 aliphatic carbocycles. The zero-order valence-electron chi connectivity index (χ0n) is 18.4. The second kappa shape index (κ2) is 9.04. The van der Waals surface area contributed by atoms with Gasteiger partial charge in [0.15, 0.2) is 0 Å². The third kappa shape index (κ3) is 5.86. The smallest absolute Gasteiger partial charge is 0.125 e. The number of hydrogen-bond donors (Lipinski definition) is 2. The first-order chi connectivity index (χ1) is 13.7. The fraction of sp³-hybridized carbons (Fsp3) is 0.500. The number of aryl methyl sites for hydroxylation is 2. The van der Waals surface area contributed by atoms with Gasteiger partial charge in [0, 0.05) is 43.3 Å². The van der Waals surface area contributed by atoms with E-state index in [1.165, 1.54) is 22.9 Å². The summed E-state index contributed by atoms with van der Waals surface area (Å²) in [7, 11) is 0. The Labute approximate surface area is 174 Å². The molecule has 0 amide bonds. The van der Waals surface area contributed by atoms with Crippen LogP contribution in [0.2, 0.25) is 0 Å². The standard InChI is InChI=1S/C24H34FN3O/c1-17-12-21(13-18(2)23(17)27-16-29-11-8-24(3,4)5)28-10-9-26-22-14-20(25)7-6-19(22)15-28/h6-7,12-14,26-27H,8-11,15-16H2,1-5H3. The van der Waals surface area contributed by atoms with Gasteiger partial charge in [-0.05, 0) is 66.6 Å². The Balaban J connectivity index is 1.66. The van der Waals surface area contributed by atoms with Crippen LogP contribution in [0.15, 0.2) is 30.3 Å². The normalized spacial score (nSPS) is 14.2. The first kappa shape index (κ1) is 21.4. The number of halogens is 1. The lowest BCUT2D eigenvalue weighted by atomic mass is 9.93. The summed E-state index contributed by atoms with van der Waals surface area (Å²) in [5, 5.41) is 6.78. The highest BCUT2D eigenvalue weighted by molar-refractivity contribution is 5.66. The Morgan fingerprint density at radius 2 is 1.86 bits per heavy atom. The molecule has 3 rings (SSSR count). The van der Waals surface area contributed by atoms with E-state index in [-0.39, 0.29) is 5.82 Å². The van der Waals surface area contributed by atoms with E-state index in [0.717, 1.165) is 49.6 Å². The number of fused-ring (bicyclic) bond motifs is 1. The van der Waals surface area contributed by atoms with Crippen LogP contribution in [0, 0.1) is 25.1 Å². The van der Waals surface area contributed by atoms with Crippen molar-refractivity contribution >= 4 is 17.1 Å². The molecule has 0 saturated heterocycles. The van der Waals surface area contributed by atoms with Gasteiger partial charge in [0.2, 0.25) is 0 Å². The Kier molecular flexibility index (Phi) is 6.68. The molecular weight excluding hydrogens is 365 g/mol. The number of ether oxygens (including phenoxy) is 1. The lowest BCUT2D eigenvalue weighted by Gasteiger charge is -2.25. The van der Waals surface area contributed by atoms with Gasteiger partial charge in [-0.15, -0.1) is 0 Å². The summed E-state index contributed by atoms with van der Waals surface area (Å²) in [5.74, 6) is -0.198. The van der Waals surface area contributed by atoms with Gasteiger partial charge in [-0.25, -0.2) is 4.39 Å². The zero-order chi connectivity index (χ0) is 21.0. The first-order valence-corrected chi connectivity index (χ1v) is 10.4. The molecule has 5 heteroatoms. The fourth-order valence-electron chi connectivity index (χ4n) is 3.66. The number of nitrogens with one attached hydrogen (secondary N) is 2. The summed E-state index contributed by atoms with van der Waals surface area (Å²) in [6, 6.07) is 9.44. The van der Waals surface area contributed by atoms with Gasteiger partial charge in [0.1, 0.15) is 12.5 Å². The lowest BCUT2D eigenvalue weighted by molar-refractivity contribution is 0.123. The molecule has 0 saturated carbocycles. The number of rotatable bonds is 6. The minimum atomic E-state index is -0.198. The van der Waals surface area contributed by atoms with Crippen molar-refractivity contribution < 1.29 is 9.13 Å². The van der Waals surface area contributed by atoms with Crippen LogP contribution in [0.5, 0.6) is 0 Å². The van der Waals surface area contributed by atoms with Gasteiger partial charge < -0.3 is 20.3 Å². The molecule has 1 heterocycles. The van der Waals surface area contributed by atoms with Gasteiger partial charge in [-0.1, -0.05) is 26.8 Å². The average molecular weight is 400 g/mol. The van der Waals surface area contributed by atoms with Crippen molar-refractivity contribution in [2.45, 2.75) is 47.6 Å². The Hall–Kier alpha value is -2.27. The molecule has 0 unspecified atom stereocenters. The fourth-order valence-corrected chi connectivity index (χ4v) is 3.66. The second-order valence-electron chi connectivity index (χ2n) is 9.14. The quantitative estimate of drug-likeness (QED) is 0.483. The Morgan fingerprint density at radius 3 is 2.55 bits per heavy atom. The molecule has 1 aliphatic rings. The van der Waals surface area contributed by atoms with E-state index in [4.69, 9.17) is 4.74 Å². The minimum absolute atomic E-state index is 0.198. The lowest BCUT2D eigenvalue weighted by Crippen LogP contribution is -2.25. The molecule has 29 heavy (non-hydrogen) atoms. The van der Waals surface area contributed by atoms with Gasteiger partial charge in [0.25, 0.3) is 0 Å². The summed E-state index contributed by atoms with van der Waals surface area (Å²) < 4.78 is 19.3. The predicted octanol–water partition coefficient (Wildman–Crippen LogP) is 5.70. The van der Waals surface area contributed by atoms with Crippen molar-refractivity contribution in [1.82, 2.24) is 0 Å². The van der Waals surface area contributed by atoms with E-state index in [2.05, 4.69) is 62.3 Å². The molecule has 1 aliphatic heterocycles. The third-order valence-electron chi connectivity index (χ3n) is 5.36. The summed E-state index contributed by atoms with van der Waals surface area (Å²) in [6.07, 6.45) is 1.04. The zero-order valence-corrected chi connectivity index (χ0v) is 18.4. The number of benzene rings is 2. The maximum atomic E-state index is 13.5. The molecule has 2 aromatic carbocycles. The van der Waals surface area contributed by atoms with Gasteiger partial charge in [0.05, 0.1) is 0 Å². The SMILES string of the molecule is Cc1cc(N2CCNc3cc(F)ccc3C2)cc(C)c1NCOCCC(C)(C)C. The third-order valence-corrected chi connectivity index (χ3v) is 5.36. The summed E-state index contributed by atoms with van der Waals surface area (Å²) in [4.78, 5) is 2.35. The van der Waals surface area contributed by atoms with E-state index < -0.39 is 0 Å². The van der Waals surface area contributed by atoms with Crippen LogP contribution in [-0.2, 0) is 11.3 Å². The van der Waals surface area contributed by atoms with E-state index in [1.54, 1.807) is 6.07 Å². The molecule has 0 aromatic heterocycles. The maximum Gasteiger partial charge on any atom is 0.125 e. The summed E-state index contributed by atoms with van der Waals surface area (Å²) in [5.41, 5.74) is 7.05. The van der Waals surface area contributed by atoms with E-state index in [1.807, 2.05) is 6.07 Å². The van der Waals surface area contributed by atoms with E-state index in [0.29, 0.717) is 12.1 Å². The van der Waals surface area contributed by atoms with E-state index >= 15 is 0 Å². The molecular formula is C24H34FN3O. The van der Waals surface area contributed by atoms with Gasteiger partial charge >= 0.3 is 0 Å². The Bertz CT molecular complexity index is 821. The number of anilines is 3. The summed E-state index contributed by atoms with van der Waals surface area (Å²) in [6.45, 7) is 14.6. The molecule has 0 bridgehead atoms. The van der Waals surface area contributed by atoms with Gasteiger partial charge in [-0.2, -0.15) is 0 Å². The highest BCUT2D eigenvalue weighted by atomic mass is 19.1. The average Bonchev–Trinajstić information content (AvgIpc) is 2.84. The molecule has 158 valence electrons. The van der Waals surface area contributed by atoms with Crippen LogP contribution in [0.4, 0.5) is 21.5 Å². The van der Waals surface area contributed by atoms with Crippen LogP contribution in [0.1, 0.15) is 43.9 Å². The number of hydrogen-bond acceptors (Lipinski definition) is 4. The van der Waals surface area contributed by atoms with Crippen molar-refractivity contribution in [3.8, 4) is 0 Å². The minimum Gasteiger partial charge on any atom is -0.383 e.